The summed E-state index contributed by atoms with van der Waals surface area (Å²) in [5.74, 6) is -0.0445. The van der Waals surface area contributed by atoms with Crippen LogP contribution in [0.5, 0.6) is 0 Å². The number of rotatable bonds is 4. The summed E-state index contributed by atoms with van der Waals surface area (Å²) >= 11 is 0. The highest BCUT2D eigenvalue weighted by molar-refractivity contribution is 5.90. The van der Waals surface area contributed by atoms with Gasteiger partial charge in [0.2, 0.25) is 5.91 Å². The SMILES string of the molecule is O=C(Cn1ccnc1)Nc1ccc(N2CCCC2)cc1. The third-order valence-electron chi connectivity index (χ3n) is 3.51. The van der Waals surface area contributed by atoms with Crippen LogP contribution >= 0.6 is 0 Å². The molecule has 20 heavy (non-hydrogen) atoms. The van der Waals surface area contributed by atoms with E-state index in [9.17, 15) is 4.79 Å². The number of hydrogen-bond donors (Lipinski definition) is 1. The summed E-state index contributed by atoms with van der Waals surface area (Å²) in [6.07, 6.45) is 7.61. The Balaban J connectivity index is 1.58. The molecule has 1 aromatic heterocycles. The van der Waals surface area contributed by atoms with Crippen LogP contribution in [0.2, 0.25) is 0 Å². The summed E-state index contributed by atoms with van der Waals surface area (Å²) in [6, 6.07) is 8.05. The van der Waals surface area contributed by atoms with Gasteiger partial charge in [0.05, 0.1) is 6.33 Å². The van der Waals surface area contributed by atoms with Crippen LogP contribution in [0.25, 0.3) is 0 Å². The molecule has 0 unspecified atom stereocenters. The van der Waals surface area contributed by atoms with Crippen molar-refractivity contribution in [2.24, 2.45) is 0 Å². The first kappa shape index (κ1) is 12.7. The van der Waals surface area contributed by atoms with Gasteiger partial charge in [-0.05, 0) is 37.1 Å². The maximum absolute atomic E-state index is 11.9. The predicted octanol–water partition coefficient (Wildman–Crippen LogP) is 2.12. The lowest BCUT2D eigenvalue weighted by Gasteiger charge is -2.17. The van der Waals surface area contributed by atoms with Crippen molar-refractivity contribution in [3.05, 3.63) is 43.0 Å². The Morgan fingerprint density at radius 2 is 1.95 bits per heavy atom. The van der Waals surface area contributed by atoms with Crippen molar-refractivity contribution in [3.63, 3.8) is 0 Å². The van der Waals surface area contributed by atoms with E-state index in [1.165, 1.54) is 18.5 Å². The van der Waals surface area contributed by atoms with E-state index in [1.54, 1.807) is 23.3 Å². The Hall–Kier alpha value is -2.30. The van der Waals surface area contributed by atoms with Crippen LogP contribution in [-0.2, 0) is 11.3 Å². The van der Waals surface area contributed by atoms with E-state index in [4.69, 9.17) is 0 Å². The summed E-state index contributed by atoms with van der Waals surface area (Å²) in [4.78, 5) is 18.1. The normalized spacial score (nSPS) is 14.5. The largest absolute Gasteiger partial charge is 0.372 e. The number of benzene rings is 1. The van der Waals surface area contributed by atoms with Gasteiger partial charge in [-0.2, -0.15) is 0 Å². The molecule has 3 rings (SSSR count). The molecule has 1 saturated heterocycles. The Bertz CT molecular complexity index is 556. The molecule has 5 nitrogen and oxygen atoms in total. The van der Waals surface area contributed by atoms with Crippen molar-refractivity contribution in [1.82, 2.24) is 9.55 Å². The summed E-state index contributed by atoms with van der Waals surface area (Å²) < 4.78 is 1.74. The van der Waals surface area contributed by atoms with E-state index in [1.807, 2.05) is 12.1 Å². The number of carbonyl (C=O) groups is 1. The van der Waals surface area contributed by atoms with Gasteiger partial charge in [-0.15, -0.1) is 0 Å². The van der Waals surface area contributed by atoms with Gasteiger partial charge in [0.15, 0.2) is 0 Å². The van der Waals surface area contributed by atoms with E-state index >= 15 is 0 Å². The monoisotopic (exact) mass is 270 g/mol. The van der Waals surface area contributed by atoms with Gasteiger partial charge in [0.1, 0.15) is 6.54 Å². The fourth-order valence-corrected chi connectivity index (χ4v) is 2.48. The van der Waals surface area contributed by atoms with Gasteiger partial charge in [0, 0.05) is 36.9 Å². The molecule has 1 aliphatic heterocycles. The van der Waals surface area contributed by atoms with Crippen molar-refractivity contribution in [3.8, 4) is 0 Å². The fraction of sp³-hybridized carbons (Fsp3) is 0.333. The van der Waals surface area contributed by atoms with Crippen LogP contribution in [0.1, 0.15) is 12.8 Å². The number of aromatic nitrogens is 2. The average Bonchev–Trinajstić information content (AvgIpc) is 3.12. The number of anilines is 2. The molecule has 1 amide bonds. The van der Waals surface area contributed by atoms with Crippen LogP contribution in [0.3, 0.4) is 0 Å². The smallest absolute Gasteiger partial charge is 0.244 e. The molecule has 0 bridgehead atoms. The molecule has 0 atom stereocenters. The Kier molecular flexibility index (Phi) is 3.67. The molecule has 1 N–H and O–H groups in total. The van der Waals surface area contributed by atoms with Gasteiger partial charge in [-0.3, -0.25) is 4.79 Å². The predicted molar refractivity (Wildman–Crippen MR) is 78.7 cm³/mol. The van der Waals surface area contributed by atoms with Gasteiger partial charge in [-0.25, -0.2) is 4.98 Å². The summed E-state index contributed by atoms with van der Waals surface area (Å²) in [5, 5.41) is 2.89. The third-order valence-corrected chi connectivity index (χ3v) is 3.51. The Labute approximate surface area is 118 Å². The second kappa shape index (κ2) is 5.77. The number of amides is 1. The highest BCUT2D eigenvalue weighted by atomic mass is 16.1. The first-order valence-electron chi connectivity index (χ1n) is 6.92. The molecule has 2 heterocycles. The number of carbonyl (C=O) groups excluding carboxylic acids is 1. The number of nitrogens with zero attached hydrogens (tertiary/aromatic N) is 3. The zero-order chi connectivity index (χ0) is 13.8. The van der Waals surface area contributed by atoms with Gasteiger partial charge in [-0.1, -0.05) is 0 Å². The topological polar surface area (TPSA) is 50.2 Å². The molecule has 0 aliphatic carbocycles. The number of nitrogens with one attached hydrogen (secondary N) is 1. The minimum atomic E-state index is -0.0445. The van der Waals surface area contributed by atoms with E-state index in [-0.39, 0.29) is 12.5 Å². The maximum atomic E-state index is 11.9. The van der Waals surface area contributed by atoms with Crippen LogP contribution in [0, 0.1) is 0 Å². The van der Waals surface area contributed by atoms with Crippen LogP contribution in [-0.4, -0.2) is 28.5 Å². The first-order chi connectivity index (χ1) is 9.81. The lowest BCUT2D eigenvalue weighted by molar-refractivity contribution is -0.116. The summed E-state index contributed by atoms with van der Waals surface area (Å²) in [5.41, 5.74) is 2.06. The average molecular weight is 270 g/mol. The van der Waals surface area contributed by atoms with Crippen LogP contribution < -0.4 is 10.2 Å². The van der Waals surface area contributed by atoms with Crippen molar-refractivity contribution in [2.75, 3.05) is 23.3 Å². The van der Waals surface area contributed by atoms with Crippen LogP contribution in [0.15, 0.2) is 43.0 Å². The molecule has 0 spiro atoms. The van der Waals surface area contributed by atoms with Crippen molar-refractivity contribution in [1.29, 1.82) is 0 Å². The summed E-state index contributed by atoms with van der Waals surface area (Å²) in [6.45, 7) is 2.55. The Morgan fingerprint density at radius 1 is 1.20 bits per heavy atom. The minimum Gasteiger partial charge on any atom is -0.372 e. The third kappa shape index (κ3) is 2.99. The van der Waals surface area contributed by atoms with Crippen molar-refractivity contribution < 1.29 is 4.79 Å². The molecular weight excluding hydrogens is 252 g/mol. The standard InChI is InChI=1S/C15H18N4O/c20-15(11-18-10-7-16-12-18)17-13-3-5-14(6-4-13)19-8-1-2-9-19/h3-7,10,12H,1-2,8-9,11H2,(H,17,20). The zero-order valence-corrected chi connectivity index (χ0v) is 11.3. The molecule has 0 saturated carbocycles. The molecule has 1 aromatic carbocycles. The van der Waals surface area contributed by atoms with Crippen molar-refractivity contribution >= 4 is 17.3 Å². The molecule has 0 radical (unpaired) electrons. The van der Waals surface area contributed by atoms with Crippen molar-refractivity contribution in [2.45, 2.75) is 19.4 Å². The lowest BCUT2D eigenvalue weighted by Crippen LogP contribution is -2.19. The quantitative estimate of drug-likeness (QED) is 0.926. The highest BCUT2D eigenvalue weighted by Crippen LogP contribution is 2.21. The van der Waals surface area contributed by atoms with E-state index in [0.29, 0.717) is 0 Å². The van der Waals surface area contributed by atoms with Gasteiger partial charge < -0.3 is 14.8 Å². The molecule has 1 aliphatic rings. The minimum absolute atomic E-state index is 0.0445. The summed E-state index contributed by atoms with van der Waals surface area (Å²) in [7, 11) is 0. The molecule has 2 aromatic rings. The van der Waals surface area contributed by atoms with Crippen LogP contribution in [0.4, 0.5) is 11.4 Å². The molecule has 104 valence electrons. The second-order valence-electron chi connectivity index (χ2n) is 5.02. The van der Waals surface area contributed by atoms with Gasteiger partial charge >= 0.3 is 0 Å². The second-order valence-corrected chi connectivity index (χ2v) is 5.02. The highest BCUT2D eigenvalue weighted by Gasteiger charge is 2.12. The first-order valence-corrected chi connectivity index (χ1v) is 6.92. The maximum Gasteiger partial charge on any atom is 0.244 e. The molecule has 5 heteroatoms. The fourth-order valence-electron chi connectivity index (χ4n) is 2.48. The molecular formula is C15H18N4O. The van der Waals surface area contributed by atoms with E-state index < -0.39 is 0 Å². The number of imidazole rings is 1. The number of hydrogen-bond acceptors (Lipinski definition) is 3. The van der Waals surface area contributed by atoms with E-state index in [2.05, 4.69) is 27.3 Å². The lowest BCUT2D eigenvalue weighted by atomic mass is 10.2. The zero-order valence-electron chi connectivity index (χ0n) is 11.3. The molecule has 1 fully saturated rings. The Morgan fingerprint density at radius 3 is 2.60 bits per heavy atom. The van der Waals surface area contributed by atoms with Gasteiger partial charge in [0.25, 0.3) is 0 Å². The van der Waals surface area contributed by atoms with E-state index in [0.717, 1.165) is 18.8 Å².